The number of benzene rings is 1. The van der Waals surface area contributed by atoms with Gasteiger partial charge in [0.2, 0.25) is 5.91 Å². The Morgan fingerprint density at radius 1 is 1.57 bits per heavy atom. The molecule has 2 rings (SSSR count). The second kappa shape index (κ2) is 7.24. The van der Waals surface area contributed by atoms with Crippen molar-refractivity contribution < 1.29 is 14.6 Å². The summed E-state index contributed by atoms with van der Waals surface area (Å²) < 4.78 is 5.69. The summed E-state index contributed by atoms with van der Waals surface area (Å²) >= 11 is 4.87. The average molecular weight is 369 g/mol. The van der Waals surface area contributed by atoms with Crippen molar-refractivity contribution in [2.45, 2.75) is 6.42 Å². The van der Waals surface area contributed by atoms with Crippen LogP contribution in [0.5, 0.6) is 11.5 Å². The first-order chi connectivity index (χ1) is 10.1. The molecule has 1 aromatic carbocycles. The van der Waals surface area contributed by atoms with Gasteiger partial charge in [-0.3, -0.25) is 4.79 Å². The number of phenolic OH excluding ortho intramolecular Hbond substituents is 1. The lowest BCUT2D eigenvalue weighted by molar-refractivity contribution is -0.120. The van der Waals surface area contributed by atoms with Gasteiger partial charge >= 0.3 is 0 Å². The van der Waals surface area contributed by atoms with Gasteiger partial charge in [-0.2, -0.15) is 5.10 Å². The van der Waals surface area contributed by atoms with Crippen LogP contribution in [0.15, 0.2) is 39.2 Å². The zero-order valence-corrected chi connectivity index (χ0v) is 13.6. The van der Waals surface area contributed by atoms with Crippen LogP contribution in [-0.4, -0.2) is 24.3 Å². The molecule has 1 heterocycles. The van der Waals surface area contributed by atoms with E-state index in [-0.39, 0.29) is 11.7 Å². The third-order valence-corrected chi connectivity index (χ3v) is 4.17. The molecule has 7 heteroatoms. The SMILES string of the molecule is COc1cc(Br)c(C=NNC(=O)Cc2cccs2)cc1O. The van der Waals surface area contributed by atoms with E-state index in [0.717, 1.165) is 4.88 Å². The third kappa shape index (κ3) is 4.30. The van der Waals surface area contributed by atoms with E-state index >= 15 is 0 Å². The smallest absolute Gasteiger partial charge is 0.245 e. The van der Waals surface area contributed by atoms with E-state index in [4.69, 9.17) is 4.74 Å². The van der Waals surface area contributed by atoms with Crippen LogP contribution in [0.3, 0.4) is 0 Å². The minimum atomic E-state index is -0.192. The Balaban J connectivity index is 1.98. The highest BCUT2D eigenvalue weighted by molar-refractivity contribution is 9.10. The predicted molar refractivity (Wildman–Crippen MR) is 86.1 cm³/mol. The molecule has 0 radical (unpaired) electrons. The number of methoxy groups -OCH3 is 1. The molecule has 0 bridgehead atoms. The van der Waals surface area contributed by atoms with E-state index in [1.807, 2.05) is 17.5 Å². The van der Waals surface area contributed by atoms with Gasteiger partial charge < -0.3 is 9.84 Å². The van der Waals surface area contributed by atoms with Gasteiger partial charge in [-0.15, -0.1) is 11.3 Å². The Labute approximate surface area is 134 Å². The molecule has 0 saturated heterocycles. The lowest BCUT2D eigenvalue weighted by Crippen LogP contribution is -2.19. The largest absolute Gasteiger partial charge is 0.504 e. The minimum Gasteiger partial charge on any atom is -0.504 e. The molecule has 0 atom stereocenters. The number of nitrogens with one attached hydrogen (secondary N) is 1. The van der Waals surface area contributed by atoms with Crippen molar-refractivity contribution >= 4 is 39.4 Å². The summed E-state index contributed by atoms with van der Waals surface area (Å²) in [5.41, 5.74) is 3.08. The van der Waals surface area contributed by atoms with Crippen molar-refractivity contribution in [3.8, 4) is 11.5 Å². The van der Waals surface area contributed by atoms with Crippen molar-refractivity contribution in [2.24, 2.45) is 5.10 Å². The molecular weight excluding hydrogens is 356 g/mol. The van der Waals surface area contributed by atoms with E-state index < -0.39 is 0 Å². The fraction of sp³-hybridized carbons (Fsp3) is 0.143. The number of hydrogen-bond donors (Lipinski definition) is 2. The number of aromatic hydroxyl groups is 1. The number of nitrogens with zero attached hydrogens (tertiary/aromatic N) is 1. The molecule has 0 aliphatic rings. The summed E-state index contributed by atoms with van der Waals surface area (Å²) in [4.78, 5) is 12.6. The van der Waals surface area contributed by atoms with Crippen LogP contribution in [0.4, 0.5) is 0 Å². The van der Waals surface area contributed by atoms with Gasteiger partial charge in [0.15, 0.2) is 11.5 Å². The number of halogens is 1. The highest BCUT2D eigenvalue weighted by Gasteiger charge is 2.07. The molecule has 0 saturated carbocycles. The van der Waals surface area contributed by atoms with Gasteiger partial charge in [0.1, 0.15) is 0 Å². The number of hydrogen-bond acceptors (Lipinski definition) is 5. The highest BCUT2D eigenvalue weighted by Crippen LogP contribution is 2.31. The number of thiophene rings is 1. The van der Waals surface area contributed by atoms with Gasteiger partial charge in [-0.1, -0.05) is 6.07 Å². The summed E-state index contributed by atoms with van der Waals surface area (Å²) in [5.74, 6) is 0.176. The van der Waals surface area contributed by atoms with Gasteiger partial charge in [0.05, 0.1) is 19.7 Å². The Bertz CT molecular complexity index is 656. The second-order valence-corrected chi connectivity index (χ2v) is 5.98. The van der Waals surface area contributed by atoms with Crippen LogP contribution in [0.1, 0.15) is 10.4 Å². The molecule has 0 unspecified atom stereocenters. The third-order valence-electron chi connectivity index (χ3n) is 2.61. The number of ether oxygens (including phenoxy) is 1. The van der Waals surface area contributed by atoms with Crippen molar-refractivity contribution in [3.05, 3.63) is 44.6 Å². The Morgan fingerprint density at radius 3 is 3.05 bits per heavy atom. The van der Waals surface area contributed by atoms with E-state index in [1.54, 1.807) is 6.07 Å². The van der Waals surface area contributed by atoms with Crippen LogP contribution in [-0.2, 0) is 11.2 Å². The molecule has 1 aromatic heterocycles. The zero-order chi connectivity index (χ0) is 15.2. The summed E-state index contributed by atoms with van der Waals surface area (Å²) in [7, 11) is 1.47. The van der Waals surface area contributed by atoms with Gasteiger partial charge in [-0.25, -0.2) is 5.43 Å². The summed E-state index contributed by atoms with van der Waals surface area (Å²) in [5, 5.41) is 15.5. The monoisotopic (exact) mass is 368 g/mol. The molecule has 2 N–H and O–H groups in total. The summed E-state index contributed by atoms with van der Waals surface area (Å²) in [6, 6.07) is 6.92. The van der Waals surface area contributed by atoms with Crippen LogP contribution >= 0.6 is 27.3 Å². The summed E-state index contributed by atoms with van der Waals surface area (Å²) in [6.45, 7) is 0. The first-order valence-corrected chi connectivity index (χ1v) is 7.68. The molecular formula is C14H13BrN2O3S. The molecule has 2 aromatic rings. The maximum atomic E-state index is 11.7. The van der Waals surface area contributed by atoms with Gasteiger partial charge in [0.25, 0.3) is 0 Å². The normalized spacial score (nSPS) is 10.8. The number of phenols is 1. The molecule has 5 nitrogen and oxygen atoms in total. The molecule has 1 amide bonds. The Morgan fingerprint density at radius 2 is 2.38 bits per heavy atom. The first kappa shape index (κ1) is 15.5. The first-order valence-electron chi connectivity index (χ1n) is 6.01. The molecule has 110 valence electrons. The van der Waals surface area contributed by atoms with Crippen molar-refractivity contribution in [2.75, 3.05) is 7.11 Å². The fourth-order valence-electron chi connectivity index (χ4n) is 1.61. The number of amides is 1. The predicted octanol–water partition coefficient (Wildman–Crippen LogP) is 2.92. The second-order valence-electron chi connectivity index (χ2n) is 4.09. The van der Waals surface area contributed by atoms with E-state index in [1.165, 1.54) is 30.7 Å². The van der Waals surface area contributed by atoms with Crippen LogP contribution in [0, 0.1) is 0 Å². The molecule has 0 fully saturated rings. The van der Waals surface area contributed by atoms with Crippen LogP contribution in [0.2, 0.25) is 0 Å². The van der Waals surface area contributed by atoms with Gasteiger partial charge in [-0.05, 0) is 39.5 Å². The van der Waals surface area contributed by atoms with E-state index in [0.29, 0.717) is 22.2 Å². The maximum Gasteiger partial charge on any atom is 0.245 e. The maximum absolute atomic E-state index is 11.7. The standard InChI is InChI=1S/C14H13BrN2O3S/c1-20-13-7-11(15)9(5-12(13)18)8-16-17-14(19)6-10-3-2-4-21-10/h2-5,7-8,18H,6H2,1H3,(H,17,19). The molecule has 0 aliphatic heterocycles. The number of carbonyl (C=O) groups is 1. The van der Waals surface area contributed by atoms with Gasteiger partial charge in [0, 0.05) is 14.9 Å². The topological polar surface area (TPSA) is 70.9 Å². The number of carbonyl (C=O) groups excluding carboxylic acids is 1. The van der Waals surface area contributed by atoms with Crippen molar-refractivity contribution in [1.29, 1.82) is 0 Å². The number of hydrazone groups is 1. The Kier molecular flexibility index (Phi) is 5.35. The average Bonchev–Trinajstić information content (AvgIpc) is 2.95. The molecule has 21 heavy (non-hydrogen) atoms. The minimum absolute atomic E-state index is 0.00654. The zero-order valence-electron chi connectivity index (χ0n) is 11.2. The van der Waals surface area contributed by atoms with Crippen LogP contribution in [0.25, 0.3) is 0 Å². The lowest BCUT2D eigenvalue weighted by atomic mass is 10.2. The molecule has 0 spiro atoms. The number of rotatable bonds is 5. The van der Waals surface area contributed by atoms with Crippen molar-refractivity contribution in [3.63, 3.8) is 0 Å². The van der Waals surface area contributed by atoms with E-state index in [9.17, 15) is 9.90 Å². The lowest BCUT2D eigenvalue weighted by Gasteiger charge is -2.06. The van der Waals surface area contributed by atoms with E-state index in [2.05, 4.69) is 26.5 Å². The van der Waals surface area contributed by atoms with Crippen molar-refractivity contribution in [1.82, 2.24) is 5.43 Å². The summed E-state index contributed by atoms with van der Waals surface area (Å²) in [6.07, 6.45) is 1.75. The fourth-order valence-corrected chi connectivity index (χ4v) is 2.74. The van der Waals surface area contributed by atoms with Crippen LogP contribution < -0.4 is 10.2 Å². The molecule has 0 aliphatic carbocycles. The Hall–Kier alpha value is -1.86. The highest BCUT2D eigenvalue weighted by atomic mass is 79.9. The quantitative estimate of drug-likeness (QED) is 0.629.